The fourth-order valence-corrected chi connectivity index (χ4v) is 1.52. The molecule has 0 saturated carbocycles. The molecule has 0 spiro atoms. The second-order valence-electron chi connectivity index (χ2n) is 2.76. The third-order valence-corrected chi connectivity index (χ3v) is 2.25. The monoisotopic (exact) mass is 252 g/mol. The van der Waals surface area contributed by atoms with Crippen LogP contribution in [0, 0.1) is 0 Å². The zero-order valence-electron chi connectivity index (χ0n) is 7.58. The van der Waals surface area contributed by atoms with Crippen molar-refractivity contribution in [1.29, 1.82) is 0 Å². The molecule has 5 heteroatoms. The van der Waals surface area contributed by atoms with Gasteiger partial charge in [-0.1, -0.05) is 15.9 Å². The van der Waals surface area contributed by atoms with Crippen LogP contribution in [0.1, 0.15) is 0 Å². The minimum absolute atomic E-state index is 0.707. The van der Waals surface area contributed by atoms with E-state index >= 15 is 0 Å². The van der Waals surface area contributed by atoms with Gasteiger partial charge in [0.2, 0.25) is 0 Å². The van der Waals surface area contributed by atoms with Gasteiger partial charge in [-0.15, -0.1) is 0 Å². The van der Waals surface area contributed by atoms with Crippen LogP contribution in [0.5, 0.6) is 0 Å². The summed E-state index contributed by atoms with van der Waals surface area (Å²) in [7, 11) is 1.78. The number of nitrogens with zero attached hydrogens (tertiary/aromatic N) is 2. The molecule has 0 bridgehead atoms. The van der Waals surface area contributed by atoms with Gasteiger partial charge in [-0.25, -0.2) is 10.4 Å². The second kappa shape index (κ2) is 3.89. The maximum Gasteiger partial charge on any atom is 0.159 e. The lowest BCUT2D eigenvalue weighted by Gasteiger charge is -2.03. The average molecular weight is 253 g/mol. The molecule has 1 heterocycles. The summed E-state index contributed by atoms with van der Waals surface area (Å²) >= 11 is 3.39. The first-order chi connectivity index (χ1) is 6.79. The molecule has 2 rings (SSSR count). The summed E-state index contributed by atoms with van der Waals surface area (Å²) in [6, 6.07) is 5.81. The molecule has 0 saturated heterocycles. The maximum atomic E-state index is 4.36. The van der Waals surface area contributed by atoms with Gasteiger partial charge in [-0.3, -0.25) is 4.98 Å². The van der Waals surface area contributed by atoms with Crippen LogP contribution in [0.15, 0.2) is 28.9 Å². The predicted molar refractivity (Wildman–Crippen MR) is 59.9 cm³/mol. The summed E-state index contributed by atoms with van der Waals surface area (Å²) in [6.07, 6.45) is 1.69. The van der Waals surface area contributed by atoms with E-state index in [-0.39, 0.29) is 0 Å². The number of benzene rings is 1. The summed E-state index contributed by atoms with van der Waals surface area (Å²) in [5, 5.41) is 0. The number of hydrazine groups is 1. The van der Waals surface area contributed by atoms with Gasteiger partial charge >= 0.3 is 0 Å². The van der Waals surface area contributed by atoms with Gasteiger partial charge in [-0.2, -0.15) is 0 Å². The lowest BCUT2D eigenvalue weighted by atomic mass is 10.3. The first-order valence-electron chi connectivity index (χ1n) is 4.14. The molecule has 0 atom stereocenters. The normalized spacial score (nSPS) is 10.4. The van der Waals surface area contributed by atoms with Gasteiger partial charge in [0.25, 0.3) is 0 Å². The molecular formula is C9H9BrN4. The molecule has 2 aromatic rings. The first-order valence-corrected chi connectivity index (χ1v) is 4.94. The predicted octanol–water partition coefficient (Wildman–Crippen LogP) is 1.94. The summed E-state index contributed by atoms with van der Waals surface area (Å²) in [5.41, 5.74) is 7.42. The van der Waals surface area contributed by atoms with Crippen molar-refractivity contribution in [2.45, 2.75) is 0 Å². The molecule has 72 valence electrons. The van der Waals surface area contributed by atoms with Gasteiger partial charge < -0.3 is 5.43 Å². The van der Waals surface area contributed by atoms with Crippen LogP contribution in [-0.2, 0) is 0 Å². The number of hydrogen-bond donors (Lipinski definition) is 2. The Balaban J connectivity index is 2.52. The third-order valence-electron chi connectivity index (χ3n) is 1.76. The molecule has 0 amide bonds. The fraction of sp³-hybridized carbons (Fsp3) is 0.111. The molecule has 0 unspecified atom stereocenters. The average Bonchev–Trinajstić information content (AvgIpc) is 2.17. The zero-order chi connectivity index (χ0) is 9.97. The Hall–Kier alpha value is -1.20. The number of rotatable bonds is 2. The van der Waals surface area contributed by atoms with Crippen LogP contribution in [0.3, 0.4) is 0 Å². The topological polar surface area (TPSA) is 49.8 Å². The largest absolute Gasteiger partial charge is 0.305 e. The highest BCUT2D eigenvalue weighted by atomic mass is 79.9. The molecule has 0 aliphatic carbocycles. The Morgan fingerprint density at radius 3 is 2.93 bits per heavy atom. The molecule has 1 aromatic heterocycles. The third kappa shape index (κ3) is 1.83. The van der Waals surface area contributed by atoms with E-state index in [1.165, 1.54) is 0 Å². The van der Waals surface area contributed by atoms with Crippen molar-refractivity contribution < 1.29 is 0 Å². The Morgan fingerprint density at radius 2 is 2.14 bits per heavy atom. The van der Waals surface area contributed by atoms with Crippen molar-refractivity contribution in [3.05, 3.63) is 28.9 Å². The SMILES string of the molecule is CNNc1cnc2ccc(Br)cc2n1. The number of anilines is 1. The van der Waals surface area contributed by atoms with Crippen molar-refractivity contribution in [3.8, 4) is 0 Å². The van der Waals surface area contributed by atoms with Crippen LogP contribution in [0.2, 0.25) is 0 Å². The molecule has 14 heavy (non-hydrogen) atoms. The lowest BCUT2D eigenvalue weighted by Crippen LogP contribution is -2.16. The number of aromatic nitrogens is 2. The maximum absolute atomic E-state index is 4.36. The molecular weight excluding hydrogens is 244 g/mol. The quantitative estimate of drug-likeness (QED) is 0.803. The number of halogens is 1. The molecule has 0 aliphatic rings. The van der Waals surface area contributed by atoms with E-state index in [0.29, 0.717) is 5.82 Å². The standard InChI is InChI=1S/C9H9BrN4/c1-11-14-9-5-12-7-3-2-6(10)4-8(7)13-9/h2-5,11H,1H3,(H,13,14). The lowest BCUT2D eigenvalue weighted by molar-refractivity contribution is 0.964. The highest BCUT2D eigenvalue weighted by Gasteiger charge is 1.98. The Morgan fingerprint density at radius 1 is 1.29 bits per heavy atom. The van der Waals surface area contributed by atoms with Gasteiger partial charge in [-0.05, 0) is 18.2 Å². The van der Waals surface area contributed by atoms with E-state index in [1.54, 1.807) is 13.2 Å². The highest BCUT2D eigenvalue weighted by molar-refractivity contribution is 9.10. The van der Waals surface area contributed by atoms with Crippen LogP contribution in [-0.4, -0.2) is 17.0 Å². The fourth-order valence-electron chi connectivity index (χ4n) is 1.17. The Bertz CT molecular complexity index is 458. The second-order valence-corrected chi connectivity index (χ2v) is 3.68. The Kier molecular flexibility index (Phi) is 2.60. The van der Waals surface area contributed by atoms with Gasteiger partial charge in [0.05, 0.1) is 17.2 Å². The summed E-state index contributed by atoms with van der Waals surface area (Å²) in [5.74, 6) is 0.707. The smallest absolute Gasteiger partial charge is 0.159 e. The molecule has 2 N–H and O–H groups in total. The van der Waals surface area contributed by atoms with Gasteiger partial charge in [0.1, 0.15) is 0 Å². The molecule has 4 nitrogen and oxygen atoms in total. The van der Waals surface area contributed by atoms with Crippen LogP contribution >= 0.6 is 15.9 Å². The summed E-state index contributed by atoms with van der Waals surface area (Å²) in [4.78, 5) is 8.61. The van der Waals surface area contributed by atoms with Gasteiger partial charge in [0, 0.05) is 11.5 Å². The van der Waals surface area contributed by atoms with E-state index in [4.69, 9.17) is 0 Å². The number of nitrogens with one attached hydrogen (secondary N) is 2. The highest BCUT2D eigenvalue weighted by Crippen LogP contribution is 2.17. The van der Waals surface area contributed by atoms with Gasteiger partial charge in [0.15, 0.2) is 5.82 Å². The minimum Gasteiger partial charge on any atom is -0.305 e. The number of fused-ring (bicyclic) bond motifs is 1. The van der Waals surface area contributed by atoms with Crippen LogP contribution < -0.4 is 10.9 Å². The minimum atomic E-state index is 0.707. The van der Waals surface area contributed by atoms with E-state index in [2.05, 4.69) is 36.7 Å². The molecule has 1 aromatic carbocycles. The first kappa shape index (κ1) is 9.36. The van der Waals surface area contributed by atoms with E-state index < -0.39 is 0 Å². The van der Waals surface area contributed by atoms with Crippen molar-refractivity contribution in [2.75, 3.05) is 12.5 Å². The van der Waals surface area contributed by atoms with Crippen LogP contribution in [0.4, 0.5) is 5.82 Å². The van der Waals surface area contributed by atoms with E-state index in [0.717, 1.165) is 15.5 Å². The van der Waals surface area contributed by atoms with Crippen molar-refractivity contribution in [2.24, 2.45) is 0 Å². The van der Waals surface area contributed by atoms with Crippen molar-refractivity contribution >= 4 is 32.8 Å². The zero-order valence-corrected chi connectivity index (χ0v) is 9.17. The molecule has 0 fully saturated rings. The van der Waals surface area contributed by atoms with E-state index in [1.807, 2.05) is 18.2 Å². The Labute approximate surface area is 89.9 Å². The number of hydrogen-bond acceptors (Lipinski definition) is 4. The molecule has 0 aliphatic heterocycles. The molecule has 0 radical (unpaired) electrons. The van der Waals surface area contributed by atoms with Crippen molar-refractivity contribution in [3.63, 3.8) is 0 Å². The summed E-state index contributed by atoms with van der Waals surface area (Å²) < 4.78 is 1.00. The van der Waals surface area contributed by atoms with Crippen LogP contribution in [0.25, 0.3) is 11.0 Å². The van der Waals surface area contributed by atoms with Crippen molar-refractivity contribution in [1.82, 2.24) is 15.4 Å². The van der Waals surface area contributed by atoms with E-state index in [9.17, 15) is 0 Å². The summed E-state index contributed by atoms with van der Waals surface area (Å²) in [6.45, 7) is 0.